The molecule has 0 aromatic rings. The van der Waals surface area contributed by atoms with Crippen molar-refractivity contribution in [1.29, 1.82) is 0 Å². The first-order valence-electron chi connectivity index (χ1n) is 7.17. The van der Waals surface area contributed by atoms with Crippen molar-refractivity contribution in [3.8, 4) is 0 Å². The van der Waals surface area contributed by atoms with Gasteiger partial charge in [0.15, 0.2) is 0 Å². The lowest BCUT2D eigenvalue weighted by Crippen LogP contribution is -2.06. The first kappa shape index (κ1) is 16.7. The van der Waals surface area contributed by atoms with Gasteiger partial charge in [0.25, 0.3) is 0 Å². The van der Waals surface area contributed by atoms with E-state index in [0.29, 0.717) is 0 Å². The normalized spacial score (nSPS) is 14.5. The van der Waals surface area contributed by atoms with Gasteiger partial charge in [-0.3, -0.25) is 0 Å². The van der Waals surface area contributed by atoms with Gasteiger partial charge in [-0.25, -0.2) is 0 Å². The lowest BCUT2D eigenvalue weighted by molar-refractivity contribution is 0.146. The Hall–Kier alpha value is -0.340. The fourth-order valence-electron chi connectivity index (χ4n) is 1.96. The molecule has 17 heavy (non-hydrogen) atoms. The van der Waals surface area contributed by atoms with Gasteiger partial charge < -0.3 is 10.2 Å². The van der Waals surface area contributed by atoms with Crippen LogP contribution in [0.15, 0.2) is 12.7 Å². The van der Waals surface area contributed by atoms with E-state index >= 15 is 0 Å². The van der Waals surface area contributed by atoms with Gasteiger partial charge in [0.1, 0.15) is 0 Å². The molecule has 2 heteroatoms. The number of allylic oxidation sites excluding steroid dienone is 1. The zero-order chi connectivity index (χ0) is 12.9. The molecule has 0 aromatic heterocycles. The molecule has 2 nitrogen and oxygen atoms in total. The molecule has 0 aliphatic rings. The van der Waals surface area contributed by atoms with Crippen LogP contribution in [0, 0.1) is 0 Å². The van der Waals surface area contributed by atoms with Gasteiger partial charge in [-0.05, 0) is 38.5 Å². The highest BCUT2D eigenvalue weighted by Gasteiger charge is 2.03. The number of aliphatic hydroxyl groups excluding tert-OH is 2. The minimum atomic E-state index is -0.129. The molecule has 2 unspecified atom stereocenters. The van der Waals surface area contributed by atoms with Crippen LogP contribution in [-0.4, -0.2) is 22.4 Å². The van der Waals surface area contributed by atoms with E-state index in [1.165, 1.54) is 12.8 Å². The van der Waals surface area contributed by atoms with Gasteiger partial charge >= 0.3 is 0 Å². The topological polar surface area (TPSA) is 40.5 Å². The van der Waals surface area contributed by atoms with E-state index < -0.39 is 0 Å². The lowest BCUT2D eigenvalue weighted by Gasteiger charge is -2.10. The van der Waals surface area contributed by atoms with Gasteiger partial charge in [0, 0.05) is 0 Å². The summed E-state index contributed by atoms with van der Waals surface area (Å²) in [5.41, 5.74) is 0. The number of unbranched alkanes of at least 4 members (excludes halogenated alkanes) is 4. The van der Waals surface area contributed by atoms with E-state index in [-0.39, 0.29) is 12.2 Å². The van der Waals surface area contributed by atoms with Crippen LogP contribution in [-0.2, 0) is 0 Å². The van der Waals surface area contributed by atoms with Gasteiger partial charge in [0.2, 0.25) is 0 Å². The molecule has 0 heterocycles. The second kappa shape index (κ2) is 12.1. The van der Waals surface area contributed by atoms with Crippen molar-refractivity contribution in [3.05, 3.63) is 12.7 Å². The van der Waals surface area contributed by atoms with E-state index in [2.05, 4.69) is 6.58 Å². The van der Waals surface area contributed by atoms with Crippen molar-refractivity contribution in [2.24, 2.45) is 0 Å². The third-order valence-electron chi connectivity index (χ3n) is 3.24. The molecule has 0 bridgehead atoms. The van der Waals surface area contributed by atoms with E-state index in [1.807, 2.05) is 13.0 Å². The molecule has 102 valence electrons. The summed E-state index contributed by atoms with van der Waals surface area (Å²) in [5, 5.41) is 19.1. The number of aliphatic hydroxyl groups is 2. The van der Waals surface area contributed by atoms with Crippen LogP contribution in [0.25, 0.3) is 0 Å². The second-order valence-corrected chi connectivity index (χ2v) is 4.93. The highest BCUT2D eigenvalue weighted by Crippen LogP contribution is 2.12. The highest BCUT2D eigenvalue weighted by atomic mass is 16.3. The first-order valence-corrected chi connectivity index (χ1v) is 7.17. The molecule has 0 spiro atoms. The maximum atomic E-state index is 9.68. The Bertz CT molecular complexity index is 168. The van der Waals surface area contributed by atoms with Crippen molar-refractivity contribution in [1.82, 2.24) is 0 Å². The molecule has 0 aliphatic carbocycles. The summed E-state index contributed by atoms with van der Waals surface area (Å²) in [4.78, 5) is 0. The smallest absolute Gasteiger partial charge is 0.0540 e. The minimum Gasteiger partial charge on any atom is -0.393 e. The predicted octanol–water partition coefficient (Wildman–Crippen LogP) is 3.82. The molecule has 2 N–H and O–H groups in total. The molecule has 0 saturated heterocycles. The monoisotopic (exact) mass is 242 g/mol. The average molecular weight is 242 g/mol. The molecule has 0 saturated carbocycles. The lowest BCUT2D eigenvalue weighted by atomic mass is 10.0. The van der Waals surface area contributed by atoms with Crippen LogP contribution >= 0.6 is 0 Å². The maximum absolute atomic E-state index is 9.68. The summed E-state index contributed by atoms with van der Waals surface area (Å²) in [6.45, 7) is 5.69. The Kier molecular flexibility index (Phi) is 11.9. The summed E-state index contributed by atoms with van der Waals surface area (Å²) >= 11 is 0. The van der Waals surface area contributed by atoms with Crippen LogP contribution in [0.1, 0.15) is 71.1 Å². The molecular formula is C15H30O2. The predicted molar refractivity (Wildman–Crippen MR) is 74.1 cm³/mol. The Morgan fingerprint density at radius 3 is 1.94 bits per heavy atom. The zero-order valence-electron chi connectivity index (χ0n) is 11.4. The van der Waals surface area contributed by atoms with Crippen molar-refractivity contribution in [2.45, 2.75) is 83.3 Å². The van der Waals surface area contributed by atoms with Crippen LogP contribution in [0.4, 0.5) is 0 Å². The molecule has 0 rings (SSSR count). The molecule has 2 atom stereocenters. The minimum absolute atomic E-state index is 0.112. The molecule has 0 aliphatic heterocycles. The fourth-order valence-corrected chi connectivity index (χ4v) is 1.96. The van der Waals surface area contributed by atoms with E-state index in [4.69, 9.17) is 0 Å². The first-order chi connectivity index (χ1) is 8.20. The Morgan fingerprint density at radius 1 is 0.882 bits per heavy atom. The SMILES string of the molecule is C=CCCCC(O)CCCCCCC(O)CC. The Labute approximate surface area is 107 Å². The van der Waals surface area contributed by atoms with Gasteiger partial charge in [-0.15, -0.1) is 6.58 Å². The quantitative estimate of drug-likeness (QED) is 0.403. The number of hydrogen-bond acceptors (Lipinski definition) is 2. The average Bonchev–Trinajstić information content (AvgIpc) is 2.33. The molecular weight excluding hydrogens is 212 g/mol. The van der Waals surface area contributed by atoms with Gasteiger partial charge in [-0.2, -0.15) is 0 Å². The fraction of sp³-hybridized carbons (Fsp3) is 0.867. The maximum Gasteiger partial charge on any atom is 0.0540 e. The van der Waals surface area contributed by atoms with Crippen molar-refractivity contribution < 1.29 is 10.2 Å². The van der Waals surface area contributed by atoms with Crippen molar-refractivity contribution >= 4 is 0 Å². The molecule has 0 aromatic carbocycles. The largest absolute Gasteiger partial charge is 0.393 e. The zero-order valence-corrected chi connectivity index (χ0v) is 11.4. The Balaban J connectivity index is 3.18. The summed E-state index contributed by atoms with van der Waals surface area (Å²) in [6, 6.07) is 0. The molecule has 0 fully saturated rings. The molecule has 0 radical (unpaired) electrons. The van der Waals surface area contributed by atoms with Crippen molar-refractivity contribution in [3.63, 3.8) is 0 Å². The van der Waals surface area contributed by atoms with E-state index in [0.717, 1.165) is 51.4 Å². The van der Waals surface area contributed by atoms with Crippen LogP contribution < -0.4 is 0 Å². The number of hydrogen-bond donors (Lipinski definition) is 2. The van der Waals surface area contributed by atoms with Crippen molar-refractivity contribution in [2.75, 3.05) is 0 Å². The summed E-state index contributed by atoms with van der Waals surface area (Å²) < 4.78 is 0. The van der Waals surface area contributed by atoms with Gasteiger partial charge in [-0.1, -0.05) is 38.7 Å². The summed E-state index contributed by atoms with van der Waals surface area (Å²) in [6.07, 6.45) is 11.9. The van der Waals surface area contributed by atoms with Gasteiger partial charge in [0.05, 0.1) is 12.2 Å². The van der Waals surface area contributed by atoms with Crippen LogP contribution in [0.5, 0.6) is 0 Å². The third-order valence-corrected chi connectivity index (χ3v) is 3.24. The van der Waals surface area contributed by atoms with E-state index in [1.54, 1.807) is 0 Å². The van der Waals surface area contributed by atoms with E-state index in [9.17, 15) is 10.2 Å². The van der Waals surface area contributed by atoms with Crippen LogP contribution in [0.2, 0.25) is 0 Å². The number of rotatable bonds is 12. The third kappa shape index (κ3) is 11.9. The molecule has 0 amide bonds. The highest BCUT2D eigenvalue weighted by molar-refractivity contribution is 4.67. The standard InChI is InChI=1S/C15H30O2/c1-3-5-8-12-15(17)13-10-7-6-9-11-14(16)4-2/h3,14-17H,1,4-13H2,2H3. The second-order valence-electron chi connectivity index (χ2n) is 4.93. The summed E-state index contributed by atoms with van der Waals surface area (Å²) in [7, 11) is 0. The summed E-state index contributed by atoms with van der Waals surface area (Å²) in [5.74, 6) is 0. The Morgan fingerprint density at radius 2 is 1.41 bits per heavy atom. The van der Waals surface area contributed by atoms with Crippen LogP contribution in [0.3, 0.4) is 0 Å².